The van der Waals surface area contributed by atoms with Crippen molar-refractivity contribution in [1.29, 1.82) is 0 Å². The number of benzene rings is 2. The van der Waals surface area contributed by atoms with Crippen LogP contribution in [0.25, 0.3) is 0 Å². The van der Waals surface area contributed by atoms with Crippen molar-refractivity contribution in [2.75, 3.05) is 16.8 Å². The van der Waals surface area contributed by atoms with Gasteiger partial charge in [0.05, 0.1) is 22.9 Å². The van der Waals surface area contributed by atoms with Crippen molar-refractivity contribution in [1.82, 2.24) is 0 Å². The minimum atomic E-state index is -0.521. The van der Waals surface area contributed by atoms with Gasteiger partial charge in [0.2, 0.25) is 11.8 Å². The van der Waals surface area contributed by atoms with Crippen molar-refractivity contribution in [3.8, 4) is 0 Å². The summed E-state index contributed by atoms with van der Waals surface area (Å²) in [6.45, 7) is -0.199. The number of thioether (sulfide) groups is 1. The minimum absolute atomic E-state index is 0.0888. The summed E-state index contributed by atoms with van der Waals surface area (Å²) in [4.78, 5) is 27.8. The van der Waals surface area contributed by atoms with Crippen molar-refractivity contribution in [2.24, 2.45) is 0 Å². The van der Waals surface area contributed by atoms with E-state index in [0.29, 0.717) is 11.4 Å². The molecule has 7 heteroatoms. The van der Waals surface area contributed by atoms with Crippen LogP contribution in [-0.2, 0) is 9.59 Å². The largest absolute Gasteiger partial charge is 0.468 e. The van der Waals surface area contributed by atoms with Gasteiger partial charge in [-0.3, -0.25) is 9.59 Å². The first-order chi connectivity index (χ1) is 13.6. The number of hydrogen-bond donors (Lipinski definition) is 1. The molecule has 0 fully saturated rings. The molecule has 1 aliphatic heterocycles. The molecule has 2 heterocycles. The number of fused-ring (bicyclic) bond motifs is 1. The first kappa shape index (κ1) is 18.3. The molecule has 1 aliphatic rings. The zero-order chi connectivity index (χ0) is 19.5. The normalized spacial score (nSPS) is 16.4. The van der Waals surface area contributed by atoms with E-state index >= 15 is 0 Å². The molecule has 3 aromatic rings. The summed E-state index contributed by atoms with van der Waals surface area (Å²) in [7, 11) is 0. The summed E-state index contributed by atoms with van der Waals surface area (Å²) in [6, 6.07) is 17.0. The maximum absolute atomic E-state index is 13.8. The lowest BCUT2D eigenvalue weighted by molar-refractivity contribution is -0.121. The Morgan fingerprint density at radius 3 is 2.71 bits per heavy atom. The lowest BCUT2D eigenvalue weighted by Crippen LogP contribution is -2.38. The fourth-order valence-corrected chi connectivity index (χ4v) is 4.32. The Hall–Kier alpha value is -3.06. The number of para-hydroxylation sites is 2. The van der Waals surface area contributed by atoms with Gasteiger partial charge in [0, 0.05) is 11.3 Å². The molecule has 1 aromatic heterocycles. The number of anilines is 2. The number of carbonyl (C=O) groups excluding carboxylic acids is 2. The molecule has 1 N–H and O–H groups in total. The Morgan fingerprint density at radius 1 is 1.14 bits per heavy atom. The molecule has 0 bridgehead atoms. The van der Waals surface area contributed by atoms with Gasteiger partial charge in [-0.2, -0.15) is 0 Å². The second-order valence-electron chi connectivity index (χ2n) is 6.30. The first-order valence-corrected chi connectivity index (χ1v) is 9.63. The molecule has 142 valence electrons. The topological polar surface area (TPSA) is 62.6 Å². The average Bonchev–Trinajstić information content (AvgIpc) is 3.18. The van der Waals surface area contributed by atoms with Gasteiger partial charge in [0.15, 0.2) is 0 Å². The summed E-state index contributed by atoms with van der Waals surface area (Å²) in [5, 5.41) is 2.36. The van der Waals surface area contributed by atoms with Gasteiger partial charge >= 0.3 is 0 Å². The van der Waals surface area contributed by atoms with E-state index < -0.39 is 11.7 Å². The van der Waals surface area contributed by atoms with Gasteiger partial charge < -0.3 is 14.6 Å². The Labute approximate surface area is 165 Å². The van der Waals surface area contributed by atoms with Gasteiger partial charge in [-0.1, -0.05) is 24.3 Å². The average molecular weight is 396 g/mol. The van der Waals surface area contributed by atoms with Gasteiger partial charge in [-0.15, -0.1) is 11.8 Å². The first-order valence-electron chi connectivity index (χ1n) is 8.75. The van der Waals surface area contributed by atoms with Crippen LogP contribution in [0.4, 0.5) is 15.8 Å². The molecule has 0 saturated heterocycles. The van der Waals surface area contributed by atoms with Crippen molar-refractivity contribution in [3.63, 3.8) is 0 Å². The number of nitrogens with one attached hydrogen (secondary N) is 1. The van der Waals surface area contributed by atoms with E-state index in [1.807, 2.05) is 24.3 Å². The summed E-state index contributed by atoms with van der Waals surface area (Å²) >= 11 is 1.53. The van der Waals surface area contributed by atoms with Crippen molar-refractivity contribution in [2.45, 2.75) is 16.6 Å². The zero-order valence-corrected chi connectivity index (χ0v) is 15.6. The second-order valence-corrected chi connectivity index (χ2v) is 7.55. The van der Waals surface area contributed by atoms with Crippen LogP contribution in [0.5, 0.6) is 0 Å². The van der Waals surface area contributed by atoms with Crippen LogP contribution in [0.3, 0.4) is 0 Å². The lowest BCUT2D eigenvalue weighted by atomic mass is 10.2. The smallest absolute Gasteiger partial charge is 0.244 e. The van der Waals surface area contributed by atoms with Crippen molar-refractivity contribution < 1.29 is 18.4 Å². The number of hydrogen-bond acceptors (Lipinski definition) is 4. The Balaban J connectivity index is 1.59. The highest BCUT2D eigenvalue weighted by molar-refractivity contribution is 7.99. The quantitative estimate of drug-likeness (QED) is 0.699. The third-order valence-corrected chi connectivity index (χ3v) is 5.68. The summed E-state index contributed by atoms with van der Waals surface area (Å²) in [6.07, 6.45) is 1.77. The van der Waals surface area contributed by atoms with Crippen LogP contribution in [0.15, 0.2) is 76.2 Å². The molecule has 2 amide bonds. The lowest BCUT2D eigenvalue weighted by Gasteiger charge is -2.22. The van der Waals surface area contributed by atoms with E-state index in [4.69, 9.17) is 4.42 Å². The van der Waals surface area contributed by atoms with Crippen LogP contribution in [0.1, 0.15) is 17.4 Å². The monoisotopic (exact) mass is 396 g/mol. The number of carbonyl (C=O) groups is 2. The standard InChI is InChI=1S/C21H17FN2O3S/c22-14-6-1-2-7-15(14)23-20(25)13-24-16-8-3-4-10-18(16)28-19(12-21(24)26)17-9-5-11-27-17/h1-11,19H,12-13H2,(H,23,25)/t19-/m1/s1. The highest BCUT2D eigenvalue weighted by Crippen LogP contribution is 2.45. The highest BCUT2D eigenvalue weighted by atomic mass is 32.2. The molecule has 0 radical (unpaired) electrons. The van der Waals surface area contributed by atoms with E-state index in [-0.39, 0.29) is 29.8 Å². The maximum Gasteiger partial charge on any atom is 0.244 e. The van der Waals surface area contributed by atoms with Crippen LogP contribution in [0, 0.1) is 5.82 Å². The number of halogens is 1. The van der Waals surface area contributed by atoms with E-state index in [2.05, 4.69) is 5.32 Å². The second kappa shape index (κ2) is 7.90. The minimum Gasteiger partial charge on any atom is -0.468 e. The predicted octanol–water partition coefficient (Wildman–Crippen LogP) is 4.63. The van der Waals surface area contributed by atoms with Crippen LogP contribution >= 0.6 is 11.8 Å². The molecule has 28 heavy (non-hydrogen) atoms. The van der Waals surface area contributed by atoms with E-state index in [9.17, 15) is 14.0 Å². The Kier molecular flexibility index (Phi) is 5.16. The van der Waals surface area contributed by atoms with Crippen LogP contribution in [0.2, 0.25) is 0 Å². The molecule has 0 unspecified atom stereocenters. The van der Waals surface area contributed by atoms with Crippen LogP contribution in [-0.4, -0.2) is 18.4 Å². The van der Waals surface area contributed by atoms with E-state index in [1.165, 1.54) is 28.8 Å². The number of nitrogens with zero attached hydrogens (tertiary/aromatic N) is 1. The Morgan fingerprint density at radius 2 is 1.93 bits per heavy atom. The van der Waals surface area contributed by atoms with E-state index in [1.54, 1.807) is 30.5 Å². The summed E-state index contributed by atoms with van der Waals surface area (Å²) < 4.78 is 19.3. The zero-order valence-electron chi connectivity index (χ0n) is 14.8. The molecule has 1 atom stereocenters. The van der Waals surface area contributed by atoms with Crippen molar-refractivity contribution in [3.05, 3.63) is 78.5 Å². The summed E-state index contributed by atoms with van der Waals surface area (Å²) in [5.74, 6) is -0.463. The number of rotatable bonds is 4. The predicted molar refractivity (Wildman–Crippen MR) is 106 cm³/mol. The molecule has 0 spiro atoms. The molecule has 5 nitrogen and oxygen atoms in total. The molecular weight excluding hydrogens is 379 g/mol. The summed E-state index contributed by atoms with van der Waals surface area (Å²) in [5.41, 5.74) is 0.751. The fraction of sp³-hybridized carbons (Fsp3) is 0.143. The SMILES string of the molecule is O=C(CN1C(=O)C[C@H](c2ccco2)Sc2ccccc21)Nc1ccccc1F. The van der Waals surface area contributed by atoms with Crippen LogP contribution < -0.4 is 10.2 Å². The number of amides is 2. The molecule has 2 aromatic carbocycles. The fourth-order valence-electron chi connectivity index (χ4n) is 3.08. The molecule has 0 saturated carbocycles. The highest BCUT2D eigenvalue weighted by Gasteiger charge is 2.31. The van der Waals surface area contributed by atoms with Gasteiger partial charge in [-0.25, -0.2) is 4.39 Å². The van der Waals surface area contributed by atoms with Gasteiger partial charge in [0.25, 0.3) is 0 Å². The van der Waals surface area contributed by atoms with Gasteiger partial charge in [0.1, 0.15) is 18.1 Å². The number of furan rings is 1. The molecular formula is C21H17FN2O3S. The third kappa shape index (κ3) is 3.80. The molecule has 4 rings (SSSR count). The third-order valence-electron chi connectivity index (χ3n) is 4.40. The maximum atomic E-state index is 13.8. The van der Waals surface area contributed by atoms with Gasteiger partial charge in [-0.05, 0) is 36.4 Å². The van der Waals surface area contributed by atoms with E-state index in [0.717, 1.165) is 4.90 Å². The Bertz CT molecular complexity index is 1010. The van der Waals surface area contributed by atoms with Crippen molar-refractivity contribution >= 4 is 35.0 Å². The molecule has 0 aliphatic carbocycles.